The van der Waals surface area contributed by atoms with Crippen molar-refractivity contribution in [3.8, 4) is 33.4 Å². The number of anilines is 3. The first-order valence-electron chi connectivity index (χ1n) is 17.6. The smallest absolute Gasteiger partial charge is 0.162 e. The van der Waals surface area contributed by atoms with E-state index in [0.717, 1.165) is 60.9 Å². The Morgan fingerprint density at radius 2 is 0.885 bits per heavy atom. The summed E-state index contributed by atoms with van der Waals surface area (Å²) in [5.41, 5.74) is 11.7. The Morgan fingerprint density at radius 3 is 1.58 bits per heavy atom. The largest absolute Gasteiger partial charge is 0.453 e. The second kappa shape index (κ2) is 12.4. The molecule has 0 aliphatic carbocycles. The van der Waals surface area contributed by atoms with Gasteiger partial charge in [0.1, 0.15) is 11.3 Å². The highest BCUT2D eigenvalue weighted by Crippen LogP contribution is 2.43. The number of pyridine rings is 1. The molecule has 2 heterocycles. The third-order valence-electron chi connectivity index (χ3n) is 10.2. The summed E-state index contributed by atoms with van der Waals surface area (Å²) >= 11 is 0. The van der Waals surface area contributed by atoms with E-state index in [4.69, 9.17) is 9.40 Å². The van der Waals surface area contributed by atoms with Gasteiger partial charge in [0.05, 0.1) is 6.20 Å². The maximum Gasteiger partial charge on any atom is 0.162 e. The first-order chi connectivity index (χ1) is 25.8. The van der Waals surface area contributed by atoms with Crippen LogP contribution in [0, 0.1) is 0 Å². The van der Waals surface area contributed by atoms with Gasteiger partial charge in [0.25, 0.3) is 0 Å². The van der Waals surface area contributed by atoms with E-state index in [1.807, 2.05) is 18.5 Å². The van der Waals surface area contributed by atoms with Crippen molar-refractivity contribution in [2.75, 3.05) is 4.90 Å². The monoisotopic (exact) mass is 664 g/mol. The molecule has 10 rings (SSSR count). The second-order valence-corrected chi connectivity index (χ2v) is 13.2. The lowest BCUT2D eigenvalue weighted by Crippen LogP contribution is -2.10. The molecule has 0 radical (unpaired) electrons. The number of fused-ring (bicyclic) bond motifs is 6. The lowest BCUT2D eigenvalue weighted by Gasteiger charge is -2.25. The van der Waals surface area contributed by atoms with Crippen LogP contribution in [-0.2, 0) is 0 Å². The Hall–Kier alpha value is -6.97. The Kier molecular flexibility index (Phi) is 7.14. The summed E-state index contributed by atoms with van der Waals surface area (Å²) < 4.78 is 6.80. The molecular formula is C49H32N2O. The number of rotatable bonds is 6. The molecule has 0 saturated heterocycles. The van der Waals surface area contributed by atoms with Crippen molar-refractivity contribution in [1.82, 2.24) is 4.98 Å². The summed E-state index contributed by atoms with van der Waals surface area (Å²) in [6.07, 6.45) is 3.83. The summed E-state index contributed by atoms with van der Waals surface area (Å²) in [6.45, 7) is 0. The first-order valence-corrected chi connectivity index (χ1v) is 17.6. The van der Waals surface area contributed by atoms with Crippen LogP contribution in [0.25, 0.3) is 76.9 Å². The van der Waals surface area contributed by atoms with Crippen molar-refractivity contribution in [3.05, 3.63) is 194 Å². The number of furan rings is 1. The molecule has 3 heteroatoms. The first kappa shape index (κ1) is 29.9. The molecule has 52 heavy (non-hydrogen) atoms. The number of aromatic nitrogens is 1. The van der Waals surface area contributed by atoms with E-state index in [0.29, 0.717) is 0 Å². The van der Waals surface area contributed by atoms with Crippen molar-refractivity contribution in [2.45, 2.75) is 0 Å². The predicted octanol–water partition coefficient (Wildman–Crippen LogP) is 13.8. The van der Waals surface area contributed by atoms with Crippen LogP contribution >= 0.6 is 0 Å². The van der Waals surface area contributed by atoms with E-state index in [1.54, 1.807) is 0 Å². The van der Waals surface area contributed by atoms with Crippen LogP contribution in [-0.4, -0.2) is 4.98 Å². The molecule has 0 amide bonds. The van der Waals surface area contributed by atoms with Gasteiger partial charge >= 0.3 is 0 Å². The van der Waals surface area contributed by atoms with Gasteiger partial charge in [0.2, 0.25) is 0 Å². The van der Waals surface area contributed by atoms with Gasteiger partial charge in [-0.3, -0.25) is 4.98 Å². The highest BCUT2D eigenvalue weighted by Gasteiger charge is 2.21. The summed E-state index contributed by atoms with van der Waals surface area (Å²) in [6, 6.07) is 64.6. The van der Waals surface area contributed by atoms with Crippen LogP contribution in [0.4, 0.5) is 17.1 Å². The van der Waals surface area contributed by atoms with Crippen molar-refractivity contribution >= 4 is 60.5 Å². The fourth-order valence-corrected chi connectivity index (χ4v) is 7.55. The number of hydrogen-bond donors (Lipinski definition) is 0. The minimum atomic E-state index is 0.807. The van der Waals surface area contributed by atoms with Crippen LogP contribution in [0.3, 0.4) is 0 Å². The fraction of sp³-hybridized carbons (Fsp3) is 0. The molecule has 0 aliphatic rings. The van der Waals surface area contributed by atoms with Gasteiger partial charge in [-0.05, 0) is 79.9 Å². The third kappa shape index (κ3) is 5.10. The van der Waals surface area contributed by atoms with Crippen molar-refractivity contribution in [1.29, 1.82) is 0 Å². The molecule has 0 saturated carbocycles. The molecular weight excluding hydrogens is 633 g/mol. The van der Waals surface area contributed by atoms with Crippen molar-refractivity contribution in [3.63, 3.8) is 0 Å². The normalized spacial score (nSPS) is 11.5. The molecule has 8 aromatic carbocycles. The van der Waals surface area contributed by atoms with E-state index >= 15 is 0 Å². The van der Waals surface area contributed by atoms with Crippen LogP contribution < -0.4 is 4.90 Å². The van der Waals surface area contributed by atoms with E-state index in [-0.39, 0.29) is 0 Å². The lowest BCUT2D eigenvalue weighted by atomic mass is 9.96. The zero-order valence-corrected chi connectivity index (χ0v) is 28.3. The molecule has 0 fully saturated rings. The Balaban J connectivity index is 1.07. The highest BCUT2D eigenvalue weighted by molar-refractivity contribution is 6.17. The summed E-state index contributed by atoms with van der Waals surface area (Å²) in [5.74, 6) is 0. The zero-order valence-electron chi connectivity index (χ0n) is 28.3. The van der Waals surface area contributed by atoms with Gasteiger partial charge in [0, 0.05) is 33.7 Å². The standard InChI is InChI=1S/C49H32N2O/c1-2-9-33(10-3-1)35-21-26-40(27-22-35)51(47-32-50-31-46-45-30-25-38-12-5-7-15-44(38)48(45)52-49(46)47)41-28-23-36(24-29-41)34-17-19-39(20-18-34)43-16-8-13-37-11-4-6-14-42(37)43/h1-32H. The Labute approximate surface area is 301 Å². The SMILES string of the molecule is c1ccc(-c2ccc(N(c3ccc(-c4ccc(-c5cccc6ccccc56)cc4)cc3)c3cncc4c3oc3c5ccccc5ccc43)cc2)cc1. The molecule has 3 nitrogen and oxygen atoms in total. The highest BCUT2D eigenvalue weighted by atomic mass is 16.3. The van der Waals surface area contributed by atoms with E-state index in [9.17, 15) is 0 Å². The van der Waals surface area contributed by atoms with E-state index in [1.165, 1.54) is 33.0 Å². The van der Waals surface area contributed by atoms with Crippen LogP contribution in [0.15, 0.2) is 199 Å². The molecule has 0 unspecified atom stereocenters. The molecule has 10 aromatic rings. The molecule has 2 aromatic heterocycles. The number of benzene rings is 8. The zero-order chi connectivity index (χ0) is 34.4. The fourth-order valence-electron chi connectivity index (χ4n) is 7.55. The molecule has 0 spiro atoms. The van der Waals surface area contributed by atoms with E-state index < -0.39 is 0 Å². The molecule has 244 valence electrons. The summed E-state index contributed by atoms with van der Waals surface area (Å²) in [7, 11) is 0. The second-order valence-electron chi connectivity index (χ2n) is 13.2. The van der Waals surface area contributed by atoms with Gasteiger partial charge in [-0.25, -0.2) is 0 Å². The van der Waals surface area contributed by atoms with Gasteiger partial charge < -0.3 is 9.32 Å². The van der Waals surface area contributed by atoms with Crippen LogP contribution in [0.2, 0.25) is 0 Å². The van der Waals surface area contributed by atoms with Gasteiger partial charge in [-0.1, -0.05) is 152 Å². The summed E-state index contributed by atoms with van der Waals surface area (Å²) in [5, 5.41) is 6.81. The minimum Gasteiger partial charge on any atom is -0.453 e. The summed E-state index contributed by atoms with van der Waals surface area (Å²) in [4.78, 5) is 7.02. The maximum atomic E-state index is 6.80. The molecule has 0 N–H and O–H groups in total. The Bertz CT molecular complexity index is 2870. The average Bonchev–Trinajstić information content (AvgIpc) is 3.62. The predicted molar refractivity (Wildman–Crippen MR) is 218 cm³/mol. The lowest BCUT2D eigenvalue weighted by molar-refractivity contribution is 0.672. The van der Waals surface area contributed by atoms with Crippen LogP contribution in [0.5, 0.6) is 0 Å². The average molecular weight is 665 g/mol. The van der Waals surface area contributed by atoms with Crippen molar-refractivity contribution in [2.24, 2.45) is 0 Å². The number of hydrogen-bond acceptors (Lipinski definition) is 3. The quantitative estimate of drug-likeness (QED) is 0.177. The number of nitrogens with zero attached hydrogens (tertiary/aromatic N) is 2. The van der Waals surface area contributed by atoms with Gasteiger partial charge in [0.15, 0.2) is 5.58 Å². The third-order valence-corrected chi connectivity index (χ3v) is 10.2. The van der Waals surface area contributed by atoms with Gasteiger partial charge in [-0.2, -0.15) is 0 Å². The molecule has 0 atom stereocenters. The molecule has 0 aliphatic heterocycles. The Morgan fingerprint density at radius 1 is 0.346 bits per heavy atom. The van der Waals surface area contributed by atoms with Crippen LogP contribution in [0.1, 0.15) is 0 Å². The van der Waals surface area contributed by atoms with Gasteiger partial charge in [-0.15, -0.1) is 0 Å². The van der Waals surface area contributed by atoms with Crippen molar-refractivity contribution < 1.29 is 4.42 Å². The minimum absolute atomic E-state index is 0.807. The molecule has 0 bridgehead atoms. The maximum absolute atomic E-state index is 6.80. The van der Waals surface area contributed by atoms with E-state index in [2.05, 4.69) is 181 Å². The topological polar surface area (TPSA) is 29.3 Å².